The van der Waals surface area contributed by atoms with E-state index in [1.807, 2.05) is 15.6 Å². The topological polar surface area (TPSA) is 85.7 Å². The number of nitrogens with one attached hydrogen (secondary N) is 1. The highest BCUT2D eigenvalue weighted by Crippen LogP contribution is 2.29. The van der Waals surface area contributed by atoms with Crippen molar-refractivity contribution in [3.05, 3.63) is 17.5 Å². The summed E-state index contributed by atoms with van der Waals surface area (Å²) in [4.78, 5) is 26.0. The van der Waals surface area contributed by atoms with Crippen LogP contribution in [0.2, 0.25) is 0 Å². The lowest BCUT2D eigenvalue weighted by molar-refractivity contribution is -0.139. The zero-order chi connectivity index (χ0) is 17.6. The summed E-state index contributed by atoms with van der Waals surface area (Å²) in [7, 11) is 1.59. The van der Waals surface area contributed by atoms with E-state index in [1.165, 1.54) is 6.42 Å². The molecule has 1 aliphatic heterocycles. The number of methoxy groups -OCH3 is 1. The molecule has 1 N–H and O–H groups in total. The smallest absolute Gasteiger partial charge is 0.246 e. The van der Waals surface area contributed by atoms with Crippen LogP contribution in [0.5, 0.6) is 0 Å². The third kappa shape index (κ3) is 4.58. The van der Waals surface area contributed by atoms with E-state index in [-0.39, 0.29) is 24.3 Å². The van der Waals surface area contributed by atoms with E-state index in [4.69, 9.17) is 9.47 Å². The van der Waals surface area contributed by atoms with Gasteiger partial charge in [-0.2, -0.15) is 5.10 Å². The first-order valence-electron chi connectivity index (χ1n) is 8.85. The second kappa shape index (κ2) is 8.44. The molecule has 1 fully saturated rings. The molecule has 0 unspecified atom stereocenters. The fourth-order valence-electron chi connectivity index (χ4n) is 3.06. The van der Waals surface area contributed by atoms with Crippen molar-refractivity contribution in [3.63, 3.8) is 0 Å². The van der Waals surface area contributed by atoms with Crippen LogP contribution in [0.15, 0.2) is 6.07 Å². The number of carbonyl (C=O) groups excluding carboxylic acids is 2. The first-order chi connectivity index (χ1) is 12.2. The fraction of sp³-hybridized carbons (Fsp3) is 0.706. The average Bonchev–Trinajstić information content (AvgIpc) is 2.97. The van der Waals surface area contributed by atoms with Gasteiger partial charge < -0.3 is 19.7 Å². The molecule has 1 aliphatic carbocycles. The average molecular weight is 350 g/mol. The molecular weight excluding hydrogens is 324 g/mol. The molecule has 3 rings (SSSR count). The van der Waals surface area contributed by atoms with Crippen LogP contribution in [0.4, 0.5) is 0 Å². The van der Waals surface area contributed by atoms with E-state index < -0.39 is 0 Å². The molecule has 0 bridgehead atoms. The molecule has 1 aromatic heterocycles. The molecule has 1 saturated carbocycles. The van der Waals surface area contributed by atoms with Gasteiger partial charge in [0.2, 0.25) is 11.8 Å². The Morgan fingerprint density at radius 1 is 1.32 bits per heavy atom. The van der Waals surface area contributed by atoms with Gasteiger partial charge in [0.05, 0.1) is 44.2 Å². The molecule has 2 heterocycles. The van der Waals surface area contributed by atoms with Gasteiger partial charge in [0.1, 0.15) is 6.61 Å². The number of aromatic nitrogens is 2. The highest BCUT2D eigenvalue weighted by atomic mass is 16.5. The summed E-state index contributed by atoms with van der Waals surface area (Å²) < 4.78 is 12.0. The van der Waals surface area contributed by atoms with Crippen molar-refractivity contribution in [2.45, 2.75) is 38.9 Å². The standard InChI is InChI=1S/C17H26N4O4/c1-24-7-8-25-12-16(22)18-10-14-9-15-11-20(5-6-21(15)19-14)17(23)13-3-2-4-13/h9,13H,2-8,10-12H2,1H3,(H,18,22). The lowest BCUT2D eigenvalue weighted by atomic mass is 9.84. The van der Waals surface area contributed by atoms with Crippen LogP contribution in [0.25, 0.3) is 0 Å². The lowest BCUT2D eigenvalue weighted by Gasteiger charge is -2.34. The van der Waals surface area contributed by atoms with Crippen LogP contribution >= 0.6 is 0 Å². The minimum atomic E-state index is -0.177. The Morgan fingerprint density at radius 3 is 2.88 bits per heavy atom. The maximum Gasteiger partial charge on any atom is 0.246 e. The normalized spacial score (nSPS) is 17.1. The summed E-state index contributed by atoms with van der Waals surface area (Å²) in [5, 5.41) is 7.30. The Kier molecular flexibility index (Phi) is 6.04. The number of hydrogen-bond acceptors (Lipinski definition) is 5. The molecule has 138 valence electrons. The van der Waals surface area contributed by atoms with Crippen LogP contribution < -0.4 is 5.32 Å². The molecule has 1 aromatic rings. The molecule has 25 heavy (non-hydrogen) atoms. The van der Waals surface area contributed by atoms with E-state index >= 15 is 0 Å². The molecule has 2 aliphatic rings. The molecular formula is C17H26N4O4. The largest absolute Gasteiger partial charge is 0.382 e. The summed E-state index contributed by atoms with van der Waals surface area (Å²) in [5.74, 6) is 0.331. The maximum atomic E-state index is 12.4. The van der Waals surface area contributed by atoms with Gasteiger partial charge in [0.15, 0.2) is 0 Å². The monoisotopic (exact) mass is 350 g/mol. The van der Waals surface area contributed by atoms with Crippen LogP contribution in [0.3, 0.4) is 0 Å². The quantitative estimate of drug-likeness (QED) is 0.682. The third-order valence-corrected chi connectivity index (χ3v) is 4.75. The number of hydrogen-bond donors (Lipinski definition) is 1. The predicted octanol–water partition coefficient (Wildman–Crippen LogP) is 0.305. The third-order valence-electron chi connectivity index (χ3n) is 4.75. The molecule has 8 heteroatoms. The molecule has 2 amide bonds. The molecule has 0 radical (unpaired) electrons. The van der Waals surface area contributed by atoms with Gasteiger partial charge in [-0.15, -0.1) is 0 Å². The SMILES string of the molecule is COCCOCC(=O)NCc1cc2n(n1)CCN(C(=O)C1CCC1)C2. The molecule has 8 nitrogen and oxygen atoms in total. The van der Waals surface area contributed by atoms with E-state index in [0.717, 1.165) is 24.2 Å². The second-order valence-electron chi connectivity index (χ2n) is 6.56. The Balaban J connectivity index is 1.45. The van der Waals surface area contributed by atoms with Crippen molar-refractivity contribution in [1.82, 2.24) is 20.0 Å². The number of amides is 2. The molecule has 0 aromatic carbocycles. The predicted molar refractivity (Wildman–Crippen MR) is 89.5 cm³/mol. The highest BCUT2D eigenvalue weighted by molar-refractivity contribution is 5.79. The zero-order valence-electron chi connectivity index (χ0n) is 14.7. The summed E-state index contributed by atoms with van der Waals surface area (Å²) in [6.45, 7) is 3.27. The van der Waals surface area contributed by atoms with Crippen molar-refractivity contribution < 1.29 is 19.1 Å². The summed E-state index contributed by atoms with van der Waals surface area (Å²) >= 11 is 0. The van der Waals surface area contributed by atoms with E-state index in [2.05, 4.69) is 10.4 Å². The van der Waals surface area contributed by atoms with Crippen molar-refractivity contribution in [1.29, 1.82) is 0 Å². The minimum Gasteiger partial charge on any atom is -0.382 e. The fourth-order valence-corrected chi connectivity index (χ4v) is 3.06. The zero-order valence-corrected chi connectivity index (χ0v) is 14.7. The van der Waals surface area contributed by atoms with Gasteiger partial charge in [-0.3, -0.25) is 14.3 Å². The number of ether oxygens (including phenoxy) is 2. The molecule has 0 saturated heterocycles. The van der Waals surface area contributed by atoms with Crippen molar-refractivity contribution in [2.24, 2.45) is 5.92 Å². The van der Waals surface area contributed by atoms with Gasteiger partial charge in [-0.1, -0.05) is 6.42 Å². The lowest BCUT2D eigenvalue weighted by Crippen LogP contribution is -2.43. The highest BCUT2D eigenvalue weighted by Gasteiger charge is 2.31. The van der Waals surface area contributed by atoms with Gasteiger partial charge in [0, 0.05) is 19.6 Å². The molecule has 0 atom stereocenters. The van der Waals surface area contributed by atoms with Crippen molar-refractivity contribution in [2.75, 3.05) is 33.5 Å². The summed E-state index contributed by atoms with van der Waals surface area (Å²) in [6.07, 6.45) is 3.22. The van der Waals surface area contributed by atoms with E-state index in [0.29, 0.717) is 39.4 Å². The first-order valence-corrected chi connectivity index (χ1v) is 8.85. The Hall–Kier alpha value is -1.93. The van der Waals surface area contributed by atoms with Crippen molar-refractivity contribution >= 4 is 11.8 Å². The van der Waals surface area contributed by atoms with Gasteiger partial charge in [-0.25, -0.2) is 0 Å². The number of nitrogens with zero attached hydrogens (tertiary/aromatic N) is 3. The van der Waals surface area contributed by atoms with Crippen LogP contribution in [-0.2, 0) is 38.7 Å². The summed E-state index contributed by atoms with van der Waals surface area (Å²) in [6, 6.07) is 1.96. The Morgan fingerprint density at radius 2 is 2.16 bits per heavy atom. The van der Waals surface area contributed by atoms with Gasteiger partial charge >= 0.3 is 0 Å². The Bertz CT molecular complexity index is 612. The molecule has 0 spiro atoms. The van der Waals surface area contributed by atoms with Crippen LogP contribution in [0.1, 0.15) is 30.7 Å². The summed E-state index contributed by atoms with van der Waals surface area (Å²) in [5.41, 5.74) is 1.83. The second-order valence-corrected chi connectivity index (χ2v) is 6.56. The van der Waals surface area contributed by atoms with Gasteiger partial charge in [0.25, 0.3) is 0 Å². The van der Waals surface area contributed by atoms with Gasteiger partial charge in [-0.05, 0) is 18.9 Å². The van der Waals surface area contributed by atoms with E-state index in [9.17, 15) is 9.59 Å². The van der Waals surface area contributed by atoms with E-state index in [1.54, 1.807) is 7.11 Å². The maximum absolute atomic E-state index is 12.4. The number of carbonyl (C=O) groups is 2. The van der Waals surface area contributed by atoms with Crippen LogP contribution in [0, 0.1) is 5.92 Å². The van der Waals surface area contributed by atoms with Crippen molar-refractivity contribution in [3.8, 4) is 0 Å². The Labute approximate surface area is 147 Å². The first kappa shape index (κ1) is 17.9. The minimum absolute atomic E-state index is 0.0145. The number of rotatable bonds is 8. The number of fused-ring (bicyclic) bond motifs is 1. The van der Waals surface area contributed by atoms with Crippen LogP contribution in [-0.4, -0.2) is 60.0 Å².